The Morgan fingerprint density at radius 2 is 2.04 bits per heavy atom. The maximum Gasteiger partial charge on any atom is 0.410 e. The molecule has 0 aromatic heterocycles. The van der Waals surface area contributed by atoms with Gasteiger partial charge in [0.05, 0.1) is 12.5 Å². The molecule has 1 heterocycles. The van der Waals surface area contributed by atoms with Gasteiger partial charge in [0.1, 0.15) is 11.4 Å². The van der Waals surface area contributed by atoms with Crippen LogP contribution in [0.4, 0.5) is 13.6 Å². The highest BCUT2D eigenvalue weighted by Crippen LogP contribution is 2.20. The predicted molar refractivity (Wildman–Crippen MR) is 100 cm³/mol. The molecule has 1 aromatic carbocycles. The van der Waals surface area contributed by atoms with Crippen LogP contribution < -0.4 is 10.1 Å². The SMILES string of the molecule is CC(C)(C)OC(=O)N1CCCCC1CNC(=O)Cc1cccc(OC(F)F)c1. The maximum absolute atomic E-state index is 12.4. The van der Waals surface area contributed by atoms with Crippen molar-refractivity contribution in [1.29, 1.82) is 0 Å². The van der Waals surface area contributed by atoms with Crippen molar-refractivity contribution in [3.63, 3.8) is 0 Å². The number of ether oxygens (including phenoxy) is 2. The minimum Gasteiger partial charge on any atom is -0.444 e. The van der Waals surface area contributed by atoms with Gasteiger partial charge in [-0.05, 0) is 57.7 Å². The van der Waals surface area contributed by atoms with Crippen LogP contribution in [-0.4, -0.2) is 48.2 Å². The highest BCUT2D eigenvalue weighted by atomic mass is 19.3. The molecule has 1 unspecified atom stereocenters. The van der Waals surface area contributed by atoms with E-state index in [0.717, 1.165) is 19.3 Å². The van der Waals surface area contributed by atoms with Crippen LogP contribution in [0.1, 0.15) is 45.6 Å². The van der Waals surface area contributed by atoms with Crippen molar-refractivity contribution in [3.8, 4) is 5.75 Å². The van der Waals surface area contributed by atoms with Gasteiger partial charge in [0.25, 0.3) is 0 Å². The van der Waals surface area contributed by atoms with Gasteiger partial charge in [-0.2, -0.15) is 8.78 Å². The summed E-state index contributed by atoms with van der Waals surface area (Å²) in [5.74, 6) is -0.229. The molecule has 0 aliphatic carbocycles. The Morgan fingerprint density at radius 3 is 2.71 bits per heavy atom. The fraction of sp³-hybridized carbons (Fsp3) is 0.600. The number of piperidine rings is 1. The van der Waals surface area contributed by atoms with Crippen molar-refractivity contribution in [2.45, 2.75) is 64.7 Å². The predicted octanol–water partition coefficient (Wildman–Crippen LogP) is 3.74. The molecule has 1 saturated heterocycles. The Labute approximate surface area is 164 Å². The van der Waals surface area contributed by atoms with Crippen LogP contribution in [-0.2, 0) is 16.0 Å². The maximum atomic E-state index is 12.4. The topological polar surface area (TPSA) is 67.9 Å². The van der Waals surface area contributed by atoms with E-state index >= 15 is 0 Å². The van der Waals surface area contributed by atoms with Gasteiger partial charge in [-0.1, -0.05) is 12.1 Å². The Bertz CT molecular complexity index is 676. The number of nitrogens with zero attached hydrogens (tertiary/aromatic N) is 1. The van der Waals surface area contributed by atoms with Crippen LogP contribution >= 0.6 is 0 Å². The van der Waals surface area contributed by atoms with Crippen molar-refractivity contribution in [1.82, 2.24) is 10.2 Å². The average molecular weight is 398 g/mol. The van der Waals surface area contributed by atoms with E-state index in [1.807, 2.05) is 20.8 Å². The molecule has 2 amide bonds. The van der Waals surface area contributed by atoms with E-state index in [9.17, 15) is 18.4 Å². The molecule has 1 fully saturated rings. The monoisotopic (exact) mass is 398 g/mol. The number of likely N-dealkylation sites (tertiary alicyclic amines) is 1. The van der Waals surface area contributed by atoms with Gasteiger partial charge >= 0.3 is 12.7 Å². The summed E-state index contributed by atoms with van der Waals surface area (Å²) < 4.78 is 34.4. The summed E-state index contributed by atoms with van der Waals surface area (Å²) in [4.78, 5) is 26.3. The summed E-state index contributed by atoms with van der Waals surface area (Å²) in [6, 6.07) is 5.94. The van der Waals surface area contributed by atoms with Crippen LogP contribution in [0.25, 0.3) is 0 Å². The zero-order valence-corrected chi connectivity index (χ0v) is 16.5. The number of benzene rings is 1. The lowest BCUT2D eigenvalue weighted by atomic mass is 10.0. The zero-order valence-electron chi connectivity index (χ0n) is 16.5. The molecule has 8 heteroatoms. The number of carbonyl (C=O) groups is 2. The van der Waals surface area contributed by atoms with E-state index in [1.165, 1.54) is 12.1 Å². The average Bonchev–Trinajstić information content (AvgIpc) is 2.58. The Kier molecular flexibility index (Phi) is 7.60. The number of hydrogen-bond acceptors (Lipinski definition) is 4. The molecule has 6 nitrogen and oxygen atoms in total. The van der Waals surface area contributed by atoms with Gasteiger partial charge in [-0.3, -0.25) is 4.79 Å². The second kappa shape index (κ2) is 9.71. The van der Waals surface area contributed by atoms with Crippen molar-refractivity contribution in [2.24, 2.45) is 0 Å². The Balaban J connectivity index is 1.89. The molecule has 1 aromatic rings. The molecule has 0 spiro atoms. The van der Waals surface area contributed by atoms with Crippen LogP contribution in [0.15, 0.2) is 24.3 Å². The van der Waals surface area contributed by atoms with Crippen molar-refractivity contribution in [2.75, 3.05) is 13.1 Å². The molecular weight excluding hydrogens is 370 g/mol. The zero-order chi connectivity index (χ0) is 20.7. The summed E-state index contributed by atoms with van der Waals surface area (Å²) in [5, 5.41) is 2.83. The van der Waals surface area contributed by atoms with Crippen molar-refractivity contribution in [3.05, 3.63) is 29.8 Å². The number of halogens is 2. The van der Waals surface area contributed by atoms with Gasteiger partial charge in [0.2, 0.25) is 5.91 Å². The molecular formula is C20H28F2N2O4. The van der Waals surface area contributed by atoms with Gasteiger partial charge in [0.15, 0.2) is 0 Å². The summed E-state index contributed by atoms with van der Waals surface area (Å²) in [6.45, 7) is 3.47. The lowest BCUT2D eigenvalue weighted by Gasteiger charge is -2.36. The molecule has 1 aliphatic heterocycles. The highest BCUT2D eigenvalue weighted by molar-refractivity contribution is 5.78. The number of hydrogen-bond donors (Lipinski definition) is 1. The second-order valence-electron chi connectivity index (χ2n) is 7.83. The number of rotatable bonds is 6. The van der Waals surface area contributed by atoms with Crippen LogP contribution in [0, 0.1) is 0 Å². The van der Waals surface area contributed by atoms with Crippen molar-refractivity contribution < 1.29 is 27.8 Å². The first-order valence-corrected chi connectivity index (χ1v) is 9.44. The Morgan fingerprint density at radius 1 is 1.29 bits per heavy atom. The largest absolute Gasteiger partial charge is 0.444 e. The van der Waals surface area contributed by atoms with Crippen LogP contribution in [0.5, 0.6) is 5.75 Å². The second-order valence-corrected chi connectivity index (χ2v) is 7.83. The van der Waals surface area contributed by atoms with E-state index < -0.39 is 12.2 Å². The standard InChI is InChI=1S/C20H28F2N2O4/c1-20(2,3)28-19(26)24-10-5-4-8-15(24)13-23-17(25)12-14-7-6-9-16(11-14)27-18(21)22/h6-7,9,11,15,18H,4-5,8,10,12-13H2,1-3H3,(H,23,25). The molecule has 0 bridgehead atoms. The molecule has 0 saturated carbocycles. The van der Waals surface area contributed by atoms with E-state index in [-0.39, 0.29) is 30.2 Å². The van der Waals surface area contributed by atoms with Crippen LogP contribution in [0.2, 0.25) is 0 Å². The van der Waals surface area contributed by atoms with Gasteiger partial charge in [-0.25, -0.2) is 4.79 Å². The molecule has 1 aliphatic rings. The third kappa shape index (κ3) is 7.32. The van der Waals surface area contributed by atoms with E-state index in [4.69, 9.17) is 4.74 Å². The third-order valence-electron chi connectivity index (χ3n) is 4.28. The molecule has 1 atom stereocenters. The van der Waals surface area contributed by atoms with E-state index in [2.05, 4.69) is 10.1 Å². The molecule has 1 N–H and O–H groups in total. The molecule has 156 valence electrons. The normalized spacial score (nSPS) is 17.4. The molecule has 0 radical (unpaired) electrons. The number of amides is 2. The van der Waals surface area contributed by atoms with Gasteiger partial charge in [-0.15, -0.1) is 0 Å². The lowest BCUT2D eigenvalue weighted by molar-refractivity contribution is -0.120. The van der Waals surface area contributed by atoms with Crippen molar-refractivity contribution >= 4 is 12.0 Å². The fourth-order valence-corrected chi connectivity index (χ4v) is 3.08. The lowest BCUT2D eigenvalue weighted by Crippen LogP contribution is -2.51. The smallest absolute Gasteiger partial charge is 0.410 e. The number of nitrogens with one attached hydrogen (secondary N) is 1. The van der Waals surface area contributed by atoms with Gasteiger partial charge < -0.3 is 19.7 Å². The molecule has 2 rings (SSSR count). The summed E-state index contributed by atoms with van der Waals surface area (Å²) in [7, 11) is 0. The summed E-state index contributed by atoms with van der Waals surface area (Å²) in [5.41, 5.74) is -0.00326. The number of carbonyl (C=O) groups excluding carboxylic acids is 2. The first-order chi connectivity index (χ1) is 13.1. The summed E-state index contributed by atoms with van der Waals surface area (Å²) in [6.07, 6.45) is 2.34. The van der Waals surface area contributed by atoms with E-state index in [0.29, 0.717) is 18.7 Å². The first kappa shape index (κ1) is 21.9. The third-order valence-corrected chi connectivity index (χ3v) is 4.28. The summed E-state index contributed by atoms with van der Waals surface area (Å²) >= 11 is 0. The fourth-order valence-electron chi connectivity index (χ4n) is 3.08. The van der Waals surface area contributed by atoms with E-state index in [1.54, 1.807) is 17.0 Å². The first-order valence-electron chi connectivity index (χ1n) is 9.44. The van der Waals surface area contributed by atoms with Crippen LogP contribution in [0.3, 0.4) is 0 Å². The Hall–Kier alpha value is -2.38. The minimum absolute atomic E-state index is 0.0173. The van der Waals surface area contributed by atoms with Gasteiger partial charge in [0, 0.05) is 13.1 Å². The minimum atomic E-state index is -2.91. The number of alkyl halides is 2. The highest BCUT2D eigenvalue weighted by Gasteiger charge is 2.30. The quantitative estimate of drug-likeness (QED) is 0.793. The molecule has 28 heavy (non-hydrogen) atoms.